The van der Waals surface area contributed by atoms with Crippen LogP contribution in [0.3, 0.4) is 0 Å². The van der Waals surface area contributed by atoms with Gasteiger partial charge in [0.15, 0.2) is 5.69 Å². The molecule has 1 aromatic carbocycles. The molecular formula is C16H13F3N6O2. The fraction of sp³-hybridized carbons (Fsp3) is 0.188. The number of nitrogens with zero attached hydrogens (tertiary/aromatic N) is 5. The molecule has 27 heavy (non-hydrogen) atoms. The summed E-state index contributed by atoms with van der Waals surface area (Å²) in [6, 6.07) is 8.98. The number of benzene rings is 1. The van der Waals surface area contributed by atoms with Gasteiger partial charge < -0.3 is 4.74 Å². The van der Waals surface area contributed by atoms with Crippen LogP contribution in [-0.4, -0.2) is 31.1 Å². The summed E-state index contributed by atoms with van der Waals surface area (Å²) in [5, 5.41) is 12.5. The third-order valence-corrected chi connectivity index (χ3v) is 3.54. The maximum Gasteiger partial charge on any atom is 0.434 e. The van der Waals surface area contributed by atoms with E-state index in [2.05, 4.69) is 25.8 Å². The van der Waals surface area contributed by atoms with Crippen LogP contribution in [0.25, 0.3) is 0 Å². The number of hydrogen-bond donors (Lipinski definition) is 1. The minimum absolute atomic E-state index is 0.103. The van der Waals surface area contributed by atoms with Crippen molar-refractivity contribution in [3.63, 3.8) is 0 Å². The molecule has 140 valence electrons. The molecule has 0 aliphatic heterocycles. The van der Waals surface area contributed by atoms with Crippen molar-refractivity contribution >= 4 is 11.9 Å². The molecule has 0 bridgehead atoms. The Balaban J connectivity index is 1.94. The van der Waals surface area contributed by atoms with Crippen molar-refractivity contribution < 1.29 is 22.7 Å². The summed E-state index contributed by atoms with van der Waals surface area (Å²) in [6.45, 7) is 1.75. The van der Waals surface area contributed by atoms with E-state index >= 15 is 0 Å². The number of pyridine rings is 1. The summed E-state index contributed by atoms with van der Waals surface area (Å²) in [5.74, 6) is -1.07. The lowest BCUT2D eigenvalue weighted by Gasteiger charge is -2.14. The number of halogens is 3. The monoisotopic (exact) mass is 378 g/mol. The molecule has 0 aliphatic carbocycles. The average Bonchev–Trinajstić information content (AvgIpc) is 3.01. The molecule has 2 heterocycles. The highest BCUT2D eigenvalue weighted by molar-refractivity contribution is 6.04. The number of para-hydroxylation sites is 1. The van der Waals surface area contributed by atoms with Gasteiger partial charge >= 0.3 is 6.18 Å². The Labute approximate surface area is 151 Å². The Bertz CT molecular complexity index is 986. The standard InChI is InChI=1S/C16H13F3N6O2/c1-9-5-3-4-6-11(9)27-12-8-7-10(13(20-12)16(17,18)19)14(26)21-15-22-23-24-25(15)2/h3-8H,1-2H3,(H,21,22,24,26). The van der Waals surface area contributed by atoms with Crippen LogP contribution in [0.15, 0.2) is 36.4 Å². The molecule has 1 amide bonds. The van der Waals surface area contributed by atoms with Crippen molar-refractivity contribution in [1.29, 1.82) is 0 Å². The van der Waals surface area contributed by atoms with Gasteiger partial charge in [0.1, 0.15) is 5.75 Å². The molecule has 0 unspecified atom stereocenters. The fourth-order valence-corrected chi connectivity index (χ4v) is 2.19. The summed E-state index contributed by atoms with van der Waals surface area (Å²) in [7, 11) is 1.43. The van der Waals surface area contributed by atoms with Gasteiger partial charge in [-0.15, -0.1) is 0 Å². The van der Waals surface area contributed by atoms with E-state index in [-0.39, 0.29) is 11.8 Å². The quantitative estimate of drug-likeness (QED) is 0.750. The van der Waals surface area contributed by atoms with Crippen LogP contribution in [0.2, 0.25) is 0 Å². The van der Waals surface area contributed by atoms with E-state index in [1.165, 1.54) is 13.1 Å². The Kier molecular flexibility index (Phi) is 4.75. The van der Waals surface area contributed by atoms with E-state index in [0.29, 0.717) is 5.75 Å². The summed E-state index contributed by atoms with van der Waals surface area (Å²) in [5.41, 5.74) is -1.33. The lowest BCUT2D eigenvalue weighted by molar-refractivity contribution is -0.141. The van der Waals surface area contributed by atoms with Crippen molar-refractivity contribution in [2.75, 3.05) is 5.32 Å². The molecule has 11 heteroatoms. The number of nitrogens with one attached hydrogen (secondary N) is 1. The van der Waals surface area contributed by atoms with E-state index in [1.807, 2.05) is 0 Å². The number of anilines is 1. The zero-order chi connectivity index (χ0) is 19.6. The SMILES string of the molecule is Cc1ccccc1Oc1ccc(C(=O)Nc2nnnn2C)c(C(F)(F)F)n1. The smallest absolute Gasteiger partial charge is 0.434 e. The topological polar surface area (TPSA) is 94.8 Å². The first-order valence-corrected chi connectivity index (χ1v) is 7.61. The number of aryl methyl sites for hydroxylation is 2. The number of hydrogen-bond acceptors (Lipinski definition) is 6. The molecule has 0 spiro atoms. The second-order valence-corrected chi connectivity index (χ2v) is 5.49. The molecule has 8 nitrogen and oxygen atoms in total. The highest BCUT2D eigenvalue weighted by Gasteiger charge is 2.38. The van der Waals surface area contributed by atoms with Gasteiger partial charge in [0.2, 0.25) is 11.8 Å². The third-order valence-electron chi connectivity index (χ3n) is 3.54. The van der Waals surface area contributed by atoms with Crippen LogP contribution in [0.5, 0.6) is 11.6 Å². The molecule has 0 aliphatic rings. The number of tetrazole rings is 1. The number of carbonyl (C=O) groups is 1. The normalized spacial score (nSPS) is 11.3. The van der Waals surface area contributed by atoms with Crippen molar-refractivity contribution in [2.24, 2.45) is 7.05 Å². The minimum atomic E-state index is -4.87. The first-order chi connectivity index (χ1) is 12.8. The molecule has 0 fully saturated rings. The van der Waals surface area contributed by atoms with Gasteiger partial charge in [-0.3, -0.25) is 10.1 Å². The molecule has 3 aromatic rings. The minimum Gasteiger partial charge on any atom is -0.439 e. The first kappa shape index (κ1) is 18.3. The molecule has 0 saturated carbocycles. The Morgan fingerprint density at radius 1 is 1.19 bits per heavy atom. The molecule has 0 atom stereocenters. The van der Waals surface area contributed by atoms with E-state index in [4.69, 9.17) is 4.74 Å². The lowest BCUT2D eigenvalue weighted by Crippen LogP contribution is -2.22. The summed E-state index contributed by atoms with van der Waals surface area (Å²) in [4.78, 5) is 15.7. The van der Waals surface area contributed by atoms with Crippen LogP contribution in [0, 0.1) is 6.92 Å². The van der Waals surface area contributed by atoms with Crippen LogP contribution >= 0.6 is 0 Å². The highest BCUT2D eigenvalue weighted by Crippen LogP contribution is 2.33. The molecular weight excluding hydrogens is 365 g/mol. The average molecular weight is 378 g/mol. The van der Waals surface area contributed by atoms with Crippen molar-refractivity contribution in [3.05, 3.63) is 53.2 Å². The third kappa shape index (κ3) is 4.02. The van der Waals surface area contributed by atoms with E-state index in [0.717, 1.165) is 16.3 Å². The Morgan fingerprint density at radius 3 is 2.56 bits per heavy atom. The van der Waals surface area contributed by atoms with Crippen LogP contribution in [0.4, 0.5) is 19.1 Å². The molecule has 1 N–H and O–H groups in total. The summed E-state index contributed by atoms with van der Waals surface area (Å²) < 4.78 is 46.8. The second-order valence-electron chi connectivity index (χ2n) is 5.49. The van der Waals surface area contributed by atoms with E-state index in [1.54, 1.807) is 31.2 Å². The Morgan fingerprint density at radius 2 is 1.93 bits per heavy atom. The first-order valence-electron chi connectivity index (χ1n) is 7.61. The summed E-state index contributed by atoms with van der Waals surface area (Å²) in [6.07, 6.45) is -4.87. The molecule has 2 aromatic heterocycles. The lowest BCUT2D eigenvalue weighted by atomic mass is 10.1. The van der Waals surface area contributed by atoms with Gasteiger partial charge in [0.05, 0.1) is 5.56 Å². The Hall–Kier alpha value is -3.50. The van der Waals surface area contributed by atoms with Gasteiger partial charge in [-0.1, -0.05) is 23.3 Å². The molecule has 3 rings (SSSR count). The highest BCUT2D eigenvalue weighted by atomic mass is 19.4. The van der Waals surface area contributed by atoms with Gasteiger partial charge in [-0.05, 0) is 35.0 Å². The van der Waals surface area contributed by atoms with Gasteiger partial charge in [-0.25, -0.2) is 9.67 Å². The number of ether oxygens (including phenoxy) is 1. The van der Waals surface area contributed by atoms with Gasteiger partial charge in [-0.2, -0.15) is 13.2 Å². The largest absolute Gasteiger partial charge is 0.439 e. The van der Waals surface area contributed by atoms with Gasteiger partial charge in [0.25, 0.3) is 5.91 Å². The number of aromatic nitrogens is 5. The molecule has 0 saturated heterocycles. The zero-order valence-corrected chi connectivity index (χ0v) is 14.2. The predicted octanol–water partition coefficient (Wildman–Crippen LogP) is 2.98. The van der Waals surface area contributed by atoms with Crippen molar-refractivity contribution in [2.45, 2.75) is 13.1 Å². The van der Waals surface area contributed by atoms with Crippen molar-refractivity contribution in [3.8, 4) is 11.6 Å². The van der Waals surface area contributed by atoms with Crippen LogP contribution < -0.4 is 10.1 Å². The van der Waals surface area contributed by atoms with Crippen LogP contribution in [0.1, 0.15) is 21.6 Å². The maximum atomic E-state index is 13.4. The number of carbonyl (C=O) groups excluding carboxylic acids is 1. The van der Waals surface area contributed by atoms with Crippen LogP contribution in [-0.2, 0) is 13.2 Å². The summed E-state index contributed by atoms with van der Waals surface area (Å²) >= 11 is 0. The number of alkyl halides is 3. The fourth-order valence-electron chi connectivity index (χ4n) is 2.19. The van der Waals surface area contributed by atoms with E-state index in [9.17, 15) is 18.0 Å². The number of rotatable bonds is 4. The second kappa shape index (κ2) is 7.02. The number of amides is 1. The zero-order valence-electron chi connectivity index (χ0n) is 14.2. The predicted molar refractivity (Wildman–Crippen MR) is 87.2 cm³/mol. The molecule has 0 radical (unpaired) electrons. The maximum absolute atomic E-state index is 13.4. The van der Waals surface area contributed by atoms with Gasteiger partial charge in [0, 0.05) is 13.1 Å². The van der Waals surface area contributed by atoms with E-state index < -0.39 is 23.3 Å². The van der Waals surface area contributed by atoms with Crippen molar-refractivity contribution in [1.82, 2.24) is 25.2 Å².